The van der Waals surface area contributed by atoms with Gasteiger partial charge in [0.2, 0.25) is 0 Å². The normalized spacial score (nSPS) is 12.2. The zero-order valence-corrected chi connectivity index (χ0v) is 12.0. The van der Waals surface area contributed by atoms with Gasteiger partial charge >= 0.3 is 0 Å². The monoisotopic (exact) mass is 324 g/mol. The molecule has 2 nitrogen and oxygen atoms in total. The Morgan fingerprint density at radius 2 is 1.89 bits per heavy atom. The van der Waals surface area contributed by atoms with Crippen molar-refractivity contribution in [3.8, 4) is 5.75 Å². The van der Waals surface area contributed by atoms with Crippen LogP contribution in [0.15, 0.2) is 46.9 Å². The van der Waals surface area contributed by atoms with E-state index < -0.39 is 6.10 Å². The zero-order chi connectivity index (χ0) is 13.8. The van der Waals surface area contributed by atoms with Crippen LogP contribution < -0.4 is 4.74 Å². The number of halogens is 2. The van der Waals surface area contributed by atoms with E-state index >= 15 is 0 Å². The topological polar surface area (TPSA) is 29.5 Å². The van der Waals surface area contributed by atoms with Gasteiger partial charge in [0, 0.05) is 10.0 Å². The van der Waals surface area contributed by atoms with Crippen LogP contribution in [0, 0.1) is 5.82 Å². The van der Waals surface area contributed by atoms with E-state index in [2.05, 4.69) is 15.9 Å². The Morgan fingerprint density at radius 1 is 1.21 bits per heavy atom. The quantitative estimate of drug-likeness (QED) is 0.918. The summed E-state index contributed by atoms with van der Waals surface area (Å²) in [6.45, 7) is 2.50. The average Bonchev–Trinajstić information content (AvgIpc) is 2.42. The summed E-state index contributed by atoms with van der Waals surface area (Å²) in [5, 5.41) is 10.3. The molecular weight excluding hydrogens is 311 g/mol. The molecule has 4 heteroatoms. The summed E-state index contributed by atoms with van der Waals surface area (Å²) >= 11 is 3.32. The van der Waals surface area contributed by atoms with E-state index in [9.17, 15) is 9.50 Å². The van der Waals surface area contributed by atoms with Crippen LogP contribution in [-0.4, -0.2) is 11.7 Å². The number of hydrogen-bond acceptors (Lipinski definition) is 2. The Bertz CT molecular complexity index is 555. The highest BCUT2D eigenvalue weighted by molar-refractivity contribution is 9.10. The summed E-state index contributed by atoms with van der Waals surface area (Å²) in [5.74, 6) is 0.375. The van der Waals surface area contributed by atoms with Gasteiger partial charge in [-0.15, -0.1) is 0 Å². The van der Waals surface area contributed by atoms with E-state index in [1.54, 1.807) is 30.3 Å². The van der Waals surface area contributed by atoms with Gasteiger partial charge in [-0.1, -0.05) is 28.1 Å². The van der Waals surface area contributed by atoms with Crippen molar-refractivity contribution in [1.29, 1.82) is 0 Å². The SMILES string of the molecule is CCOc1ccc(C(O)c2cc(F)ccc2Br)cc1. The largest absolute Gasteiger partial charge is 0.494 e. The minimum Gasteiger partial charge on any atom is -0.494 e. The second-order valence-corrected chi connectivity index (χ2v) is 4.92. The van der Waals surface area contributed by atoms with E-state index in [4.69, 9.17) is 4.74 Å². The van der Waals surface area contributed by atoms with Gasteiger partial charge in [0.25, 0.3) is 0 Å². The fraction of sp³-hybridized carbons (Fsp3) is 0.200. The molecule has 19 heavy (non-hydrogen) atoms. The summed E-state index contributed by atoms with van der Waals surface area (Å²) in [6.07, 6.45) is -0.874. The first-order valence-corrected chi connectivity index (χ1v) is 6.77. The van der Waals surface area contributed by atoms with Crippen LogP contribution in [0.1, 0.15) is 24.2 Å². The summed E-state index contributed by atoms with van der Waals surface area (Å²) in [4.78, 5) is 0. The van der Waals surface area contributed by atoms with Crippen LogP contribution in [0.4, 0.5) is 4.39 Å². The lowest BCUT2D eigenvalue weighted by atomic mass is 10.0. The summed E-state index contributed by atoms with van der Waals surface area (Å²) in [7, 11) is 0. The highest BCUT2D eigenvalue weighted by atomic mass is 79.9. The number of ether oxygens (including phenoxy) is 1. The van der Waals surface area contributed by atoms with Crippen molar-refractivity contribution < 1.29 is 14.2 Å². The molecule has 100 valence electrons. The first-order chi connectivity index (χ1) is 9.11. The second kappa shape index (κ2) is 6.17. The highest BCUT2D eigenvalue weighted by Gasteiger charge is 2.14. The van der Waals surface area contributed by atoms with Gasteiger partial charge in [0.05, 0.1) is 6.61 Å². The molecular formula is C15H14BrFO2. The molecule has 0 spiro atoms. The van der Waals surface area contributed by atoms with Crippen molar-refractivity contribution in [3.63, 3.8) is 0 Å². The first kappa shape index (κ1) is 14.0. The standard InChI is InChI=1S/C15H14BrFO2/c1-2-19-12-6-3-10(4-7-12)15(18)13-9-11(17)5-8-14(13)16/h3-9,15,18H,2H2,1H3. The van der Waals surface area contributed by atoms with E-state index in [0.717, 1.165) is 5.75 Å². The van der Waals surface area contributed by atoms with Gasteiger partial charge in [-0.05, 0) is 42.8 Å². The molecule has 2 aromatic carbocycles. The predicted molar refractivity (Wildman–Crippen MR) is 75.8 cm³/mol. The molecule has 0 bridgehead atoms. The van der Waals surface area contributed by atoms with E-state index in [-0.39, 0.29) is 5.82 Å². The zero-order valence-electron chi connectivity index (χ0n) is 10.4. The average molecular weight is 325 g/mol. The number of hydrogen-bond donors (Lipinski definition) is 1. The third kappa shape index (κ3) is 3.33. The smallest absolute Gasteiger partial charge is 0.123 e. The minimum absolute atomic E-state index is 0.372. The van der Waals surface area contributed by atoms with Gasteiger partial charge in [-0.25, -0.2) is 4.39 Å². The van der Waals surface area contributed by atoms with Gasteiger partial charge in [-0.2, -0.15) is 0 Å². The van der Waals surface area contributed by atoms with E-state index in [1.165, 1.54) is 12.1 Å². The maximum atomic E-state index is 13.2. The molecule has 1 N–H and O–H groups in total. The van der Waals surface area contributed by atoms with Crippen LogP contribution in [-0.2, 0) is 0 Å². The Balaban J connectivity index is 2.27. The van der Waals surface area contributed by atoms with Crippen molar-refractivity contribution in [2.75, 3.05) is 6.61 Å². The number of aliphatic hydroxyl groups excluding tert-OH is 1. The Morgan fingerprint density at radius 3 is 2.53 bits per heavy atom. The van der Waals surface area contributed by atoms with Crippen molar-refractivity contribution in [1.82, 2.24) is 0 Å². The fourth-order valence-corrected chi connectivity index (χ4v) is 2.28. The molecule has 0 aliphatic heterocycles. The van der Waals surface area contributed by atoms with Crippen molar-refractivity contribution in [2.45, 2.75) is 13.0 Å². The maximum Gasteiger partial charge on any atom is 0.123 e. The van der Waals surface area contributed by atoms with Gasteiger partial charge < -0.3 is 9.84 Å². The lowest BCUT2D eigenvalue weighted by Gasteiger charge is -2.14. The molecule has 0 saturated carbocycles. The molecule has 0 fully saturated rings. The second-order valence-electron chi connectivity index (χ2n) is 4.07. The molecule has 0 heterocycles. The Kier molecular flexibility index (Phi) is 4.56. The van der Waals surface area contributed by atoms with Gasteiger partial charge in [-0.3, -0.25) is 0 Å². The Labute approximate surface area is 120 Å². The van der Waals surface area contributed by atoms with Crippen LogP contribution >= 0.6 is 15.9 Å². The maximum absolute atomic E-state index is 13.2. The molecule has 0 saturated heterocycles. The molecule has 2 aromatic rings. The molecule has 0 aliphatic carbocycles. The Hall–Kier alpha value is -1.39. The molecule has 0 amide bonds. The molecule has 0 aliphatic rings. The van der Waals surface area contributed by atoms with Crippen molar-refractivity contribution in [2.24, 2.45) is 0 Å². The van der Waals surface area contributed by atoms with Crippen molar-refractivity contribution in [3.05, 3.63) is 63.9 Å². The summed E-state index contributed by atoms with van der Waals surface area (Å²) in [5.41, 5.74) is 1.19. The number of rotatable bonds is 4. The molecule has 1 unspecified atom stereocenters. The van der Waals surface area contributed by atoms with Gasteiger partial charge in [0.15, 0.2) is 0 Å². The number of benzene rings is 2. The predicted octanol–water partition coefficient (Wildman–Crippen LogP) is 4.07. The van der Waals surface area contributed by atoms with Crippen LogP contribution in [0.2, 0.25) is 0 Å². The third-order valence-electron chi connectivity index (χ3n) is 2.76. The molecule has 0 aromatic heterocycles. The molecule has 0 radical (unpaired) electrons. The van der Waals surface area contributed by atoms with Crippen LogP contribution in [0.25, 0.3) is 0 Å². The van der Waals surface area contributed by atoms with Gasteiger partial charge in [0.1, 0.15) is 17.7 Å². The summed E-state index contributed by atoms with van der Waals surface area (Å²) in [6, 6.07) is 11.4. The first-order valence-electron chi connectivity index (χ1n) is 5.97. The van der Waals surface area contributed by atoms with Crippen LogP contribution in [0.3, 0.4) is 0 Å². The highest BCUT2D eigenvalue weighted by Crippen LogP contribution is 2.30. The molecule has 2 rings (SSSR count). The lowest BCUT2D eigenvalue weighted by Crippen LogP contribution is -2.01. The lowest BCUT2D eigenvalue weighted by molar-refractivity contribution is 0.219. The van der Waals surface area contributed by atoms with Crippen LogP contribution in [0.5, 0.6) is 5.75 Å². The van der Waals surface area contributed by atoms with E-state index in [0.29, 0.717) is 22.2 Å². The summed E-state index contributed by atoms with van der Waals surface area (Å²) < 4.78 is 19.3. The molecule has 1 atom stereocenters. The minimum atomic E-state index is -0.874. The number of aliphatic hydroxyl groups is 1. The van der Waals surface area contributed by atoms with Crippen molar-refractivity contribution >= 4 is 15.9 Å². The fourth-order valence-electron chi connectivity index (χ4n) is 1.82. The van der Waals surface area contributed by atoms with E-state index in [1.807, 2.05) is 6.92 Å². The third-order valence-corrected chi connectivity index (χ3v) is 3.48.